The molecule has 254 valence electrons. The first kappa shape index (κ1) is 34.5. The maximum absolute atomic E-state index is 15.3. The molecule has 1 aliphatic rings. The van der Waals surface area contributed by atoms with Gasteiger partial charge in [0.15, 0.2) is 0 Å². The first-order valence-electron chi connectivity index (χ1n) is 15.5. The molecule has 48 heavy (non-hydrogen) atoms. The number of methoxy groups -OCH3 is 1. The Hall–Kier alpha value is -4.84. The van der Waals surface area contributed by atoms with Crippen LogP contribution in [0, 0.1) is 5.82 Å². The smallest absolute Gasteiger partial charge is 0.416 e. The Kier molecular flexibility index (Phi) is 11.0. The third-order valence-corrected chi connectivity index (χ3v) is 8.03. The molecule has 0 bridgehead atoms. The Morgan fingerprint density at radius 1 is 1.00 bits per heavy atom. The topological polar surface area (TPSA) is 82.1 Å². The van der Waals surface area contributed by atoms with Gasteiger partial charge < -0.3 is 29.2 Å². The summed E-state index contributed by atoms with van der Waals surface area (Å²) >= 11 is 0. The molecule has 0 unspecified atom stereocenters. The van der Waals surface area contributed by atoms with Crippen molar-refractivity contribution >= 4 is 11.6 Å². The number of hydrogen-bond acceptors (Lipinski definition) is 7. The summed E-state index contributed by atoms with van der Waals surface area (Å²) in [5.74, 6) is 0.129. The van der Waals surface area contributed by atoms with Crippen molar-refractivity contribution in [3.05, 3.63) is 95.4 Å². The van der Waals surface area contributed by atoms with Gasteiger partial charge in [0.25, 0.3) is 0 Å². The molecule has 2 heterocycles. The van der Waals surface area contributed by atoms with Crippen LogP contribution < -0.4 is 24.3 Å². The van der Waals surface area contributed by atoms with E-state index in [-0.39, 0.29) is 36.3 Å². The lowest BCUT2D eigenvalue weighted by atomic mass is 10.0. The molecule has 1 saturated heterocycles. The molecule has 1 fully saturated rings. The fourth-order valence-electron chi connectivity index (χ4n) is 5.41. The van der Waals surface area contributed by atoms with E-state index in [2.05, 4.69) is 15.2 Å². The highest BCUT2D eigenvalue weighted by atomic mass is 19.4. The van der Waals surface area contributed by atoms with Crippen molar-refractivity contribution in [3.8, 4) is 34.3 Å². The van der Waals surface area contributed by atoms with Crippen LogP contribution in [0.1, 0.15) is 36.5 Å². The Balaban J connectivity index is 1.26. The van der Waals surface area contributed by atoms with Crippen LogP contribution in [0.3, 0.4) is 0 Å². The van der Waals surface area contributed by atoms with E-state index in [4.69, 9.17) is 18.9 Å². The highest BCUT2D eigenvalue weighted by Gasteiger charge is 2.32. The predicted octanol–water partition coefficient (Wildman–Crippen LogP) is 7.55. The fraction of sp³-hybridized carbons (Fsp3) is 0.333. The summed E-state index contributed by atoms with van der Waals surface area (Å²) in [4.78, 5) is 19.3. The number of likely N-dealkylation sites (N-methyl/N-ethyl adjacent to an activating group) is 1. The second kappa shape index (κ2) is 15.4. The van der Waals surface area contributed by atoms with Crippen molar-refractivity contribution < 1.29 is 41.3 Å². The van der Waals surface area contributed by atoms with Crippen molar-refractivity contribution in [1.82, 2.24) is 9.88 Å². The second-order valence-corrected chi connectivity index (χ2v) is 11.5. The lowest BCUT2D eigenvalue weighted by Crippen LogP contribution is -2.30. The number of carbonyl (C=O) groups excluding carboxylic acids is 1. The van der Waals surface area contributed by atoms with Crippen LogP contribution in [-0.4, -0.2) is 55.7 Å². The van der Waals surface area contributed by atoms with E-state index in [0.717, 1.165) is 42.8 Å². The number of rotatable bonds is 13. The summed E-state index contributed by atoms with van der Waals surface area (Å²) in [6, 6.07) is 16.6. The summed E-state index contributed by atoms with van der Waals surface area (Å²) in [5.41, 5.74) is 0.903. The minimum atomic E-state index is -4.65. The first-order chi connectivity index (χ1) is 23.0. The van der Waals surface area contributed by atoms with E-state index >= 15 is 4.39 Å². The van der Waals surface area contributed by atoms with Gasteiger partial charge in [-0.25, -0.2) is 9.37 Å². The van der Waals surface area contributed by atoms with Crippen molar-refractivity contribution in [2.75, 3.05) is 39.2 Å². The van der Waals surface area contributed by atoms with Gasteiger partial charge in [-0.05, 0) is 80.4 Å². The Labute approximate surface area is 276 Å². The van der Waals surface area contributed by atoms with E-state index in [9.17, 15) is 18.0 Å². The van der Waals surface area contributed by atoms with Crippen LogP contribution in [0.4, 0.5) is 23.2 Å². The molecule has 0 radical (unpaired) electrons. The third-order valence-electron chi connectivity index (χ3n) is 8.03. The van der Waals surface area contributed by atoms with Crippen LogP contribution in [-0.2, 0) is 24.0 Å². The third kappa shape index (κ3) is 8.94. The Bertz CT molecular complexity index is 1720. The van der Waals surface area contributed by atoms with Gasteiger partial charge in [0.1, 0.15) is 36.3 Å². The molecule has 1 amide bonds. The number of aromatic nitrogens is 1. The van der Waals surface area contributed by atoms with Gasteiger partial charge in [0.05, 0.1) is 25.7 Å². The average Bonchev–Trinajstić information content (AvgIpc) is 3.48. The molecule has 1 atom stereocenters. The summed E-state index contributed by atoms with van der Waals surface area (Å²) < 4.78 is 78.8. The number of benzene rings is 3. The number of likely N-dealkylation sites (tertiary alicyclic amines) is 1. The molecule has 1 N–H and O–H groups in total. The molecule has 1 aliphatic heterocycles. The Morgan fingerprint density at radius 3 is 2.46 bits per heavy atom. The van der Waals surface area contributed by atoms with Crippen LogP contribution >= 0.6 is 0 Å². The zero-order chi connectivity index (χ0) is 34.3. The monoisotopic (exact) mass is 667 g/mol. The molecule has 1 aromatic heterocycles. The van der Waals surface area contributed by atoms with E-state index < -0.39 is 29.9 Å². The van der Waals surface area contributed by atoms with E-state index in [1.807, 2.05) is 38.2 Å². The van der Waals surface area contributed by atoms with Crippen molar-refractivity contribution in [1.29, 1.82) is 0 Å². The van der Waals surface area contributed by atoms with Crippen LogP contribution in [0.15, 0.2) is 72.9 Å². The van der Waals surface area contributed by atoms with Crippen LogP contribution in [0.2, 0.25) is 0 Å². The Morgan fingerprint density at radius 2 is 1.79 bits per heavy atom. The van der Waals surface area contributed by atoms with Crippen LogP contribution in [0.25, 0.3) is 11.1 Å². The number of hydrogen-bond donors (Lipinski definition) is 1. The molecule has 12 heteroatoms. The number of amides is 1. The highest BCUT2D eigenvalue weighted by Crippen LogP contribution is 2.36. The first-order valence-corrected chi connectivity index (χ1v) is 15.5. The molecule has 3 aromatic carbocycles. The van der Waals surface area contributed by atoms with Gasteiger partial charge in [-0.15, -0.1) is 0 Å². The number of nitrogens with one attached hydrogen (secondary N) is 1. The molecule has 0 saturated carbocycles. The van der Waals surface area contributed by atoms with E-state index in [0.29, 0.717) is 29.4 Å². The standard InChI is InChI=1S/C36H37F4N3O5/c1-4-46-33-19-35(48-21-23-7-11-29(45-3)12-8-23)41-20-31(33)24-9-10-25(32(37)14-24)15-34(44)42-27-16-26(36(38,39)40)17-30(18-27)47-22-28-6-5-13-43(28)2/h7-12,14,16-20,28H,4-6,13,15,21-22H2,1-3H3,(H,42,44)/t28-/m1/s1. The van der Waals surface area contributed by atoms with E-state index in [1.165, 1.54) is 24.4 Å². The molecule has 4 aromatic rings. The normalized spacial score (nSPS) is 14.9. The lowest BCUT2D eigenvalue weighted by Gasteiger charge is -2.20. The maximum atomic E-state index is 15.3. The largest absolute Gasteiger partial charge is 0.497 e. The zero-order valence-electron chi connectivity index (χ0n) is 26.9. The summed E-state index contributed by atoms with van der Waals surface area (Å²) in [5, 5.41) is 2.47. The number of alkyl halides is 3. The number of ether oxygens (including phenoxy) is 4. The molecular formula is C36H37F4N3O5. The maximum Gasteiger partial charge on any atom is 0.416 e. The van der Waals surface area contributed by atoms with Gasteiger partial charge in [-0.1, -0.05) is 24.3 Å². The van der Waals surface area contributed by atoms with Gasteiger partial charge >= 0.3 is 6.18 Å². The molecule has 0 aliphatic carbocycles. The summed E-state index contributed by atoms with van der Waals surface area (Å²) in [7, 11) is 3.53. The number of carbonyl (C=O) groups is 1. The summed E-state index contributed by atoms with van der Waals surface area (Å²) in [6.07, 6.45) is -1.66. The van der Waals surface area contributed by atoms with E-state index in [1.54, 1.807) is 19.2 Å². The zero-order valence-corrected chi connectivity index (χ0v) is 26.9. The van der Waals surface area contributed by atoms with Crippen molar-refractivity contribution in [2.45, 2.75) is 45.0 Å². The number of halogens is 4. The molecule has 5 rings (SSSR count). The molecule has 0 spiro atoms. The van der Waals surface area contributed by atoms with Gasteiger partial charge in [0, 0.05) is 35.6 Å². The van der Waals surface area contributed by atoms with Gasteiger partial charge in [-0.2, -0.15) is 13.2 Å². The number of pyridine rings is 1. The SMILES string of the molecule is CCOc1cc(OCc2ccc(OC)cc2)ncc1-c1ccc(CC(=O)Nc2cc(OC[C@H]3CCCN3C)cc(C(F)(F)F)c2)c(F)c1. The number of nitrogens with zero attached hydrogens (tertiary/aromatic N) is 2. The van der Waals surface area contributed by atoms with Crippen LogP contribution in [0.5, 0.6) is 23.1 Å². The summed E-state index contributed by atoms with van der Waals surface area (Å²) in [6.45, 7) is 3.55. The lowest BCUT2D eigenvalue weighted by molar-refractivity contribution is -0.137. The highest BCUT2D eigenvalue weighted by molar-refractivity contribution is 5.92. The quantitative estimate of drug-likeness (QED) is 0.148. The minimum absolute atomic E-state index is 0.00757. The van der Waals surface area contributed by atoms with Gasteiger partial charge in [0.2, 0.25) is 11.8 Å². The predicted molar refractivity (Wildman–Crippen MR) is 173 cm³/mol. The molecule has 8 nitrogen and oxygen atoms in total. The number of anilines is 1. The second-order valence-electron chi connectivity index (χ2n) is 11.5. The van der Waals surface area contributed by atoms with Crippen molar-refractivity contribution in [3.63, 3.8) is 0 Å². The fourth-order valence-corrected chi connectivity index (χ4v) is 5.41. The minimum Gasteiger partial charge on any atom is -0.497 e. The molecular weight excluding hydrogens is 630 g/mol. The average molecular weight is 668 g/mol. The van der Waals surface area contributed by atoms with Crippen molar-refractivity contribution in [2.24, 2.45) is 0 Å². The van der Waals surface area contributed by atoms with Gasteiger partial charge in [-0.3, -0.25) is 4.79 Å².